The van der Waals surface area contributed by atoms with Crippen LogP contribution in [0.25, 0.3) is 0 Å². The van der Waals surface area contributed by atoms with Crippen LogP contribution in [0.2, 0.25) is 10.3 Å². The van der Waals surface area contributed by atoms with E-state index in [-0.39, 0.29) is 11.6 Å². The molecule has 0 radical (unpaired) electrons. The van der Waals surface area contributed by atoms with Gasteiger partial charge in [0, 0.05) is 49.9 Å². The molecule has 0 aromatic carbocycles. The first-order chi connectivity index (χ1) is 11.3. The highest BCUT2D eigenvalue weighted by molar-refractivity contribution is 6.29. The van der Waals surface area contributed by atoms with Crippen molar-refractivity contribution in [3.05, 3.63) is 70.4 Å². The average molecular weight is 366 g/mol. The van der Waals surface area contributed by atoms with Gasteiger partial charge in [-0.25, -0.2) is 9.97 Å². The van der Waals surface area contributed by atoms with E-state index in [1.165, 1.54) is 25.4 Å². The van der Waals surface area contributed by atoms with Gasteiger partial charge in [-0.1, -0.05) is 23.2 Å². The number of ketones is 2. The molecule has 0 saturated carbocycles. The van der Waals surface area contributed by atoms with Gasteiger partial charge in [0.2, 0.25) is 0 Å². The summed E-state index contributed by atoms with van der Waals surface area (Å²) in [6, 6.07) is 6.49. The van der Waals surface area contributed by atoms with Gasteiger partial charge in [-0.15, -0.1) is 0 Å². The zero-order valence-electron chi connectivity index (χ0n) is 13.5. The zero-order valence-corrected chi connectivity index (χ0v) is 15.0. The summed E-state index contributed by atoms with van der Waals surface area (Å²) >= 11 is 11.1. The molecule has 24 heavy (non-hydrogen) atoms. The van der Waals surface area contributed by atoms with Gasteiger partial charge >= 0.3 is 0 Å². The van der Waals surface area contributed by atoms with Crippen LogP contribution in [0.1, 0.15) is 27.6 Å². The van der Waals surface area contributed by atoms with Gasteiger partial charge in [-0.05, 0) is 31.2 Å². The standard InChI is InChI=1S/C10H11ClN2O.C7H6ClNO/c1-13(2)6-5-9(14)8-3-4-10(11)12-7-8;1-5(10)6-2-3-7(8)9-4-6/h3-7H,1-2H3;2-4H,1H3. The van der Waals surface area contributed by atoms with E-state index in [2.05, 4.69) is 9.97 Å². The predicted octanol–water partition coefficient (Wildman–Crippen LogP) is 3.93. The normalized spacial score (nSPS) is 10.0. The van der Waals surface area contributed by atoms with E-state index in [1.54, 1.807) is 35.4 Å². The van der Waals surface area contributed by atoms with Crippen LogP contribution in [0, 0.1) is 0 Å². The van der Waals surface area contributed by atoms with Crippen LogP contribution in [0.15, 0.2) is 48.9 Å². The minimum Gasteiger partial charge on any atom is -0.383 e. The summed E-state index contributed by atoms with van der Waals surface area (Å²) < 4.78 is 0. The highest BCUT2D eigenvalue weighted by Gasteiger charge is 2.01. The van der Waals surface area contributed by atoms with E-state index >= 15 is 0 Å². The highest BCUT2D eigenvalue weighted by Crippen LogP contribution is 2.06. The number of rotatable bonds is 4. The van der Waals surface area contributed by atoms with Crippen molar-refractivity contribution < 1.29 is 9.59 Å². The summed E-state index contributed by atoms with van der Waals surface area (Å²) in [5, 5.41) is 0.795. The fourth-order valence-corrected chi connectivity index (χ4v) is 1.64. The third-order valence-electron chi connectivity index (χ3n) is 2.67. The van der Waals surface area contributed by atoms with Gasteiger partial charge in [-0.3, -0.25) is 9.59 Å². The molecule has 0 saturated heterocycles. The van der Waals surface area contributed by atoms with Crippen molar-refractivity contribution in [2.45, 2.75) is 6.92 Å². The summed E-state index contributed by atoms with van der Waals surface area (Å²) in [5.74, 6) is -0.0768. The number of Topliss-reactive ketones (excluding diaryl/α,β-unsaturated/α-hetero) is 1. The van der Waals surface area contributed by atoms with E-state index in [9.17, 15) is 9.59 Å². The Hall–Kier alpha value is -2.24. The maximum atomic E-state index is 11.5. The molecule has 0 fully saturated rings. The van der Waals surface area contributed by atoms with Gasteiger partial charge in [0.1, 0.15) is 10.3 Å². The highest BCUT2D eigenvalue weighted by atomic mass is 35.5. The lowest BCUT2D eigenvalue weighted by Gasteiger charge is -2.02. The molecule has 126 valence electrons. The first kappa shape index (κ1) is 19.8. The van der Waals surface area contributed by atoms with Crippen molar-refractivity contribution in [1.29, 1.82) is 0 Å². The van der Waals surface area contributed by atoms with Gasteiger partial charge in [-0.2, -0.15) is 0 Å². The molecule has 0 spiro atoms. The Labute approximate surface area is 150 Å². The number of pyridine rings is 2. The second-order valence-electron chi connectivity index (χ2n) is 4.94. The topological polar surface area (TPSA) is 63.2 Å². The smallest absolute Gasteiger partial charge is 0.188 e. The van der Waals surface area contributed by atoms with Crippen molar-refractivity contribution in [3.63, 3.8) is 0 Å². The number of hydrogen-bond donors (Lipinski definition) is 0. The van der Waals surface area contributed by atoms with Gasteiger partial charge < -0.3 is 4.90 Å². The molecule has 0 aliphatic carbocycles. The lowest BCUT2D eigenvalue weighted by atomic mass is 10.2. The van der Waals surface area contributed by atoms with Crippen LogP contribution in [-0.2, 0) is 0 Å². The largest absolute Gasteiger partial charge is 0.383 e. The first-order valence-electron chi connectivity index (χ1n) is 6.92. The third kappa shape index (κ3) is 7.35. The zero-order chi connectivity index (χ0) is 18.1. The number of allylic oxidation sites excluding steroid dienone is 1. The summed E-state index contributed by atoms with van der Waals surface area (Å²) in [6.07, 6.45) is 6.11. The molecule has 2 aromatic heterocycles. The molecule has 0 amide bonds. The van der Waals surface area contributed by atoms with Crippen molar-refractivity contribution in [1.82, 2.24) is 14.9 Å². The van der Waals surface area contributed by atoms with E-state index < -0.39 is 0 Å². The Kier molecular flexibility index (Phi) is 8.09. The Morgan fingerprint density at radius 1 is 0.958 bits per heavy atom. The Balaban J connectivity index is 0.000000254. The molecule has 7 heteroatoms. The van der Waals surface area contributed by atoms with E-state index in [1.807, 2.05) is 14.1 Å². The average Bonchev–Trinajstić information content (AvgIpc) is 2.54. The SMILES string of the molecule is CC(=O)c1ccc(Cl)nc1.CN(C)C=CC(=O)c1ccc(Cl)nc1. The fraction of sp³-hybridized carbons (Fsp3) is 0.176. The molecule has 0 bridgehead atoms. The van der Waals surface area contributed by atoms with Crippen LogP contribution in [-0.4, -0.2) is 40.5 Å². The van der Waals surface area contributed by atoms with Crippen LogP contribution < -0.4 is 0 Å². The number of halogens is 2. The minimum absolute atomic E-state index is 0.00386. The van der Waals surface area contributed by atoms with Gasteiger partial charge in [0.05, 0.1) is 0 Å². The second-order valence-corrected chi connectivity index (χ2v) is 5.71. The summed E-state index contributed by atoms with van der Waals surface area (Å²) in [5.41, 5.74) is 1.12. The second kappa shape index (κ2) is 9.80. The number of carbonyl (C=O) groups excluding carboxylic acids is 2. The van der Waals surface area contributed by atoms with Crippen LogP contribution in [0.3, 0.4) is 0 Å². The van der Waals surface area contributed by atoms with E-state index in [0.717, 1.165) is 0 Å². The van der Waals surface area contributed by atoms with Crippen LogP contribution in [0.4, 0.5) is 0 Å². The quantitative estimate of drug-likeness (QED) is 0.466. The molecule has 2 heterocycles. The number of nitrogens with zero attached hydrogens (tertiary/aromatic N) is 3. The minimum atomic E-state index is -0.0807. The van der Waals surface area contributed by atoms with Crippen molar-refractivity contribution in [2.75, 3.05) is 14.1 Å². The van der Waals surface area contributed by atoms with Crippen LogP contribution >= 0.6 is 23.2 Å². The van der Waals surface area contributed by atoms with Gasteiger partial charge in [0.15, 0.2) is 11.6 Å². The van der Waals surface area contributed by atoms with E-state index in [4.69, 9.17) is 23.2 Å². The van der Waals surface area contributed by atoms with Crippen LogP contribution in [0.5, 0.6) is 0 Å². The van der Waals surface area contributed by atoms with Crippen molar-refractivity contribution in [3.8, 4) is 0 Å². The maximum absolute atomic E-state index is 11.5. The number of hydrogen-bond acceptors (Lipinski definition) is 5. The molecule has 0 N–H and O–H groups in total. The summed E-state index contributed by atoms with van der Waals surface area (Å²) in [7, 11) is 3.70. The lowest BCUT2D eigenvalue weighted by molar-refractivity contribution is 0.101. The molecule has 0 aliphatic heterocycles. The number of aromatic nitrogens is 2. The molecule has 2 rings (SSSR count). The predicted molar refractivity (Wildman–Crippen MR) is 95.7 cm³/mol. The molecule has 0 aliphatic rings. The fourth-order valence-electron chi connectivity index (χ4n) is 1.42. The monoisotopic (exact) mass is 365 g/mol. The lowest BCUT2D eigenvalue weighted by Crippen LogP contribution is -2.03. The molecule has 2 aromatic rings. The summed E-state index contributed by atoms with van der Waals surface area (Å²) in [6.45, 7) is 1.49. The molecule has 0 unspecified atom stereocenters. The Bertz CT molecular complexity index is 712. The Morgan fingerprint density at radius 3 is 1.83 bits per heavy atom. The van der Waals surface area contributed by atoms with Crippen molar-refractivity contribution >= 4 is 34.8 Å². The molecule has 0 atom stereocenters. The molecule has 5 nitrogen and oxygen atoms in total. The van der Waals surface area contributed by atoms with Gasteiger partial charge in [0.25, 0.3) is 0 Å². The molecular formula is C17H17Cl2N3O2. The molecular weight excluding hydrogens is 349 g/mol. The third-order valence-corrected chi connectivity index (χ3v) is 3.12. The maximum Gasteiger partial charge on any atom is 0.188 e. The Morgan fingerprint density at radius 2 is 1.46 bits per heavy atom. The van der Waals surface area contributed by atoms with E-state index in [0.29, 0.717) is 21.4 Å². The number of carbonyl (C=O) groups is 2. The van der Waals surface area contributed by atoms with Crippen molar-refractivity contribution in [2.24, 2.45) is 0 Å². The summed E-state index contributed by atoms with van der Waals surface area (Å²) in [4.78, 5) is 31.5. The first-order valence-corrected chi connectivity index (χ1v) is 7.68.